The number of nitrogens with zero attached hydrogens (tertiary/aromatic N) is 1. The van der Waals surface area contributed by atoms with Crippen molar-refractivity contribution in [1.29, 1.82) is 0 Å². The number of aromatic amines is 1. The third kappa shape index (κ3) is 1.50. The predicted octanol–water partition coefficient (Wildman–Crippen LogP) is 1.02. The van der Waals surface area contributed by atoms with E-state index in [4.69, 9.17) is 5.73 Å². The van der Waals surface area contributed by atoms with Crippen molar-refractivity contribution in [2.45, 2.75) is 0 Å². The highest BCUT2D eigenvalue weighted by Crippen LogP contribution is 2.15. The normalized spacial score (nSPS) is 10.0. The smallest absolute Gasteiger partial charge is 0.258 e. The monoisotopic (exact) mass is 187 g/mol. The van der Waals surface area contributed by atoms with Crippen molar-refractivity contribution in [2.24, 2.45) is 0 Å². The number of benzene rings is 1. The number of hydrogen-bond donors (Lipinski definition) is 2. The minimum absolute atomic E-state index is 0.148. The molecule has 3 N–H and O–H groups in total. The van der Waals surface area contributed by atoms with Crippen LogP contribution >= 0.6 is 0 Å². The molecule has 0 radical (unpaired) electrons. The molecule has 1 aromatic heterocycles. The Labute approximate surface area is 80.4 Å². The lowest BCUT2D eigenvalue weighted by atomic mass is 10.1. The van der Waals surface area contributed by atoms with E-state index in [2.05, 4.69) is 9.97 Å². The van der Waals surface area contributed by atoms with Crippen LogP contribution in [0.4, 0.5) is 5.69 Å². The molecule has 0 amide bonds. The molecule has 0 aliphatic rings. The van der Waals surface area contributed by atoms with E-state index in [0.717, 1.165) is 5.56 Å². The second kappa shape index (κ2) is 3.33. The number of aromatic nitrogens is 2. The molecule has 0 aliphatic heterocycles. The van der Waals surface area contributed by atoms with Gasteiger partial charge in [0, 0.05) is 11.9 Å². The average molecular weight is 187 g/mol. The summed E-state index contributed by atoms with van der Waals surface area (Å²) in [5.74, 6) is 0. The Morgan fingerprint density at radius 3 is 2.57 bits per heavy atom. The maximum Gasteiger partial charge on any atom is 0.258 e. The zero-order valence-corrected chi connectivity index (χ0v) is 7.40. The van der Waals surface area contributed by atoms with Gasteiger partial charge in [-0.25, -0.2) is 4.98 Å². The Kier molecular flexibility index (Phi) is 2.02. The van der Waals surface area contributed by atoms with Gasteiger partial charge < -0.3 is 10.7 Å². The number of H-pyrrole nitrogens is 1. The fraction of sp³-hybridized carbons (Fsp3) is 0. The standard InChI is InChI=1S/C10H9N3O/c11-8-3-1-7(2-4-8)9-5-12-6-13-10(9)14/h1-6H,11H2,(H,12,13,14). The zero-order valence-electron chi connectivity index (χ0n) is 7.40. The quantitative estimate of drug-likeness (QED) is 0.654. The van der Waals surface area contributed by atoms with Crippen LogP contribution in [-0.4, -0.2) is 9.97 Å². The van der Waals surface area contributed by atoms with Crippen LogP contribution in [0.1, 0.15) is 0 Å². The van der Waals surface area contributed by atoms with E-state index in [0.29, 0.717) is 11.3 Å². The van der Waals surface area contributed by atoms with Gasteiger partial charge in [0.25, 0.3) is 5.56 Å². The number of rotatable bonds is 1. The first kappa shape index (κ1) is 8.50. The van der Waals surface area contributed by atoms with E-state index in [1.165, 1.54) is 12.5 Å². The first-order valence-corrected chi connectivity index (χ1v) is 4.16. The molecule has 1 heterocycles. The van der Waals surface area contributed by atoms with E-state index in [9.17, 15) is 4.79 Å². The van der Waals surface area contributed by atoms with Crippen molar-refractivity contribution in [3.8, 4) is 11.1 Å². The van der Waals surface area contributed by atoms with Crippen LogP contribution < -0.4 is 11.3 Å². The number of nitrogen functional groups attached to an aromatic ring is 1. The zero-order chi connectivity index (χ0) is 9.97. The molecule has 4 nitrogen and oxygen atoms in total. The van der Waals surface area contributed by atoms with Gasteiger partial charge in [-0.2, -0.15) is 0 Å². The van der Waals surface area contributed by atoms with E-state index in [1.807, 2.05) is 0 Å². The molecule has 1 aromatic carbocycles. The van der Waals surface area contributed by atoms with Gasteiger partial charge >= 0.3 is 0 Å². The maximum atomic E-state index is 11.4. The lowest BCUT2D eigenvalue weighted by Gasteiger charge is -1.99. The summed E-state index contributed by atoms with van der Waals surface area (Å²) in [5.41, 5.74) is 7.43. The van der Waals surface area contributed by atoms with Crippen molar-refractivity contribution >= 4 is 5.69 Å². The summed E-state index contributed by atoms with van der Waals surface area (Å²) in [6.07, 6.45) is 2.90. The largest absolute Gasteiger partial charge is 0.399 e. The van der Waals surface area contributed by atoms with Crippen LogP contribution in [0.15, 0.2) is 41.6 Å². The van der Waals surface area contributed by atoms with Crippen LogP contribution in [0.5, 0.6) is 0 Å². The molecule has 0 aliphatic carbocycles. The third-order valence-corrected chi connectivity index (χ3v) is 1.94. The molecule has 0 unspecified atom stereocenters. The highest BCUT2D eigenvalue weighted by Gasteiger charge is 2.01. The van der Waals surface area contributed by atoms with Crippen molar-refractivity contribution < 1.29 is 0 Å². The Morgan fingerprint density at radius 2 is 1.93 bits per heavy atom. The molecule has 2 aromatic rings. The molecule has 2 rings (SSSR count). The molecule has 0 saturated carbocycles. The van der Waals surface area contributed by atoms with Crippen LogP contribution in [0.25, 0.3) is 11.1 Å². The summed E-state index contributed by atoms with van der Waals surface area (Å²) >= 11 is 0. The summed E-state index contributed by atoms with van der Waals surface area (Å²) in [6, 6.07) is 7.09. The van der Waals surface area contributed by atoms with Gasteiger partial charge in [-0.05, 0) is 17.7 Å². The van der Waals surface area contributed by atoms with Crippen LogP contribution in [0.2, 0.25) is 0 Å². The van der Waals surface area contributed by atoms with E-state index >= 15 is 0 Å². The predicted molar refractivity (Wildman–Crippen MR) is 54.7 cm³/mol. The van der Waals surface area contributed by atoms with Crippen molar-refractivity contribution in [2.75, 3.05) is 5.73 Å². The topological polar surface area (TPSA) is 71.8 Å². The van der Waals surface area contributed by atoms with Crippen LogP contribution in [0, 0.1) is 0 Å². The first-order valence-electron chi connectivity index (χ1n) is 4.16. The highest BCUT2D eigenvalue weighted by molar-refractivity contribution is 5.63. The second-order valence-electron chi connectivity index (χ2n) is 2.92. The molecule has 4 heteroatoms. The van der Waals surface area contributed by atoms with Gasteiger partial charge in [-0.1, -0.05) is 12.1 Å². The van der Waals surface area contributed by atoms with Crippen LogP contribution in [0.3, 0.4) is 0 Å². The Morgan fingerprint density at radius 1 is 1.21 bits per heavy atom. The summed E-state index contributed by atoms with van der Waals surface area (Å²) in [4.78, 5) is 17.8. The molecule has 0 saturated heterocycles. The Bertz CT molecular complexity index is 487. The van der Waals surface area contributed by atoms with Gasteiger partial charge in [-0.3, -0.25) is 4.79 Å². The number of nitrogens with two attached hydrogens (primary N) is 1. The molecule has 0 bridgehead atoms. The van der Waals surface area contributed by atoms with E-state index < -0.39 is 0 Å². The molecule has 14 heavy (non-hydrogen) atoms. The molecule has 70 valence electrons. The summed E-state index contributed by atoms with van der Waals surface area (Å²) < 4.78 is 0. The van der Waals surface area contributed by atoms with E-state index in [1.54, 1.807) is 24.3 Å². The van der Waals surface area contributed by atoms with Crippen molar-refractivity contribution in [3.63, 3.8) is 0 Å². The van der Waals surface area contributed by atoms with Crippen LogP contribution in [-0.2, 0) is 0 Å². The summed E-state index contributed by atoms with van der Waals surface area (Å²) in [7, 11) is 0. The molecular formula is C10H9N3O. The van der Waals surface area contributed by atoms with Crippen molar-refractivity contribution in [1.82, 2.24) is 9.97 Å². The molecular weight excluding hydrogens is 178 g/mol. The Balaban J connectivity index is 2.56. The molecule has 0 spiro atoms. The maximum absolute atomic E-state index is 11.4. The summed E-state index contributed by atoms with van der Waals surface area (Å²) in [6.45, 7) is 0. The fourth-order valence-electron chi connectivity index (χ4n) is 1.21. The highest BCUT2D eigenvalue weighted by atomic mass is 16.1. The van der Waals surface area contributed by atoms with E-state index in [-0.39, 0.29) is 5.56 Å². The fourth-order valence-corrected chi connectivity index (χ4v) is 1.21. The molecule has 0 fully saturated rings. The minimum atomic E-state index is -0.148. The lowest BCUT2D eigenvalue weighted by Crippen LogP contribution is -2.08. The van der Waals surface area contributed by atoms with Crippen molar-refractivity contribution in [3.05, 3.63) is 47.1 Å². The SMILES string of the molecule is Nc1ccc(-c2cnc[nH]c2=O)cc1. The minimum Gasteiger partial charge on any atom is -0.399 e. The summed E-state index contributed by atoms with van der Waals surface area (Å²) in [5, 5.41) is 0. The van der Waals surface area contributed by atoms with Gasteiger partial charge in [0.05, 0.1) is 11.9 Å². The molecule has 0 atom stereocenters. The van der Waals surface area contributed by atoms with Gasteiger partial charge in [0.2, 0.25) is 0 Å². The Hall–Kier alpha value is -2.10. The number of anilines is 1. The number of hydrogen-bond acceptors (Lipinski definition) is 3. The average Bonchev–Trinajstić information content (AvgIpc) is 2.20. The van der Waals surface area contributed by atoms with Gasteiger partial charge in [0.15, 0.2) is 0 Å². The third-order valence-electron chi connectivity index (χ3n) is 1.94. The lowest BCUT2D eigenvalue weighted by molar-refractivity contribution is 1.12. The number of nitrogens with one attached hydrogen (secondary N) is 1. The van der Waals surface area contributed by atoms with Gasteiger partial charge in [0.1, 0.15) is 0 Å². The first-order chi connectivity index (χ1) is 6.77. The van der Waals surface area contributed by atoms with Gasteiger partial charge in [-0.15, -0.1) is 0 Å². The second-order valence-corrected chi connectivity index (χ2v) is 2.92.